The van der Waals surface area contributed by atoms with Crippen LogP contribution in [0.15, 0.2) is 18.3 Å². The van der Waals surface area contributed by atoms with Gasteiger partial charge in [-0.15, -0.1) is 0 Å². The molecule has 0 radical (unpaired) electrons. The molecule has 1 N–H and O–H groups in total. The van der Waals surface area contributed by atoms with Gasteiger partial charge in [0.15, 0.2) is 0 Å². The van der Waals surface area contributed by atoms with Crippen molar-refractivity contribution in [3.63, 3.8) is 0 Å². The molecule has 92 valence electrons. The summed E-state index contributed by atoms with van der Waals surface area (Å²) in [6, 6.07) is 2.97. The van der Waals surface area contributed by atoms with Gasteiger partial charge in [-0.3, -0.25) is 4.79 Å². The lowest BCUT2D eigenvalue weighted by molar-refractivity contribution is -0.00215. The monoisotopic (exact) mass is 238 g/mol. The number of aliphatic hydroxyl groups is 1. The minimum absolute atomic E-state index is 0.00552. The number of hydrogen-bond acceptors (Lipinski definition) is 3. The molecule has 0 atom stereocenters. The second kappa shape index (κ2) is 4.41. The van der Waals surface area contributed by atoms with E-state index in [-0.39, 0.29) is 11.5 Å². The van der Waals surface area contributed by atoms with Crippen LogP contribution in [0.4, 0.5) is 4.39 Å². The van der Waals surface area contributed by atoms with Crippen molar-refractivity contribution in [2.24, 2.45) is 0 Å². The molecule has 1 aliphatic heterocycles. The van der Waals surface area contributed by atoms with Gasteiger partial charge in [0.25, 0.3) is 5.91 Å². The average molecular weight is 238 g/mol. The first-order valence-corrected chi connectivity index (χ1v) is 5.62. The molecule has 17 heavy (non-hydrogen) atoms. The summed E-state index contributed by atoms with van der Waals surface area (Å²) >= 11 is 0. The molecule has 4 nitrogen and oxygen atoms in total. The molecule has 0 aliphatic carbocycles. The summed E-state index contributed by atoms with van der Waals surface area (Å²) in [5, 5.41) is 9.77. The van der Waals surface area contributed by atoms with Gasteiger partial charge in [-0.1, -0.05) is 0 Å². The van der Waals surface area contributed by atoms with Gasteiger partial charge in [-0.05, 0) is 31.9 Å². The van der Waals surface area contributed by atoms with Crippen molar-refractivity contribution < 1.29 is 14.3 Å². The van der Waals surface area contributed by atoms with Crippen LogP contribution in [0.2, 0.25) is 0 Å². The molecule has 0 spiro atoms. The number of aromatic nitrogens is 1. The second-order valence-corrected chi connectivity index (χ2v) is 4.63. The van der Waals surface area contributed by atoms with Gasteiger partial charge in [-0.2, -0.15) is 4.39 Å². The maximum atomic E-state index is 13.3. The minimum atomic E-state index is -0.741. The Kier molecular flexibility index (Phi) is 3.11. The molecule has 1 saturated heterocycles. The quantitative estimate of drug-likeness (QED) is 0.748. The minimum Gasteiger partial charge on any atom is -0.390 e. The SMILES string of the molecule is CC1(O)CCN(C(=O)c2cccnc2F)CC1. The lowest BCUT2D eigenvalue weighted by Crippen LogP contribution is -2.45. The number of likely N-dealkylation sites (tertiary alicyclic amines) is 1. The third-order valence-electron chi connectivity index (χ3n) is 3.12. The number of amides is 1. The molecule has 1 aromatic rings. The van der Waals surface area contributed by atoms with E-state index in [0.29, 0.717) is 25.9 Å². The van der Waals surface area contributed by atoms with Gasteiger partial charge >= 0.3 is 0 Å². The summed E-state index contributed by atoms with van der Waals surface area (Å²) < 4.78 is 13.3. The Balaban J connectivity index is 2.10. The maximum Gasteiger partial charge on any atom is 0.258 e. The van der Waals surface area contributed by atoms with Crippen molar-refractivity contribution >= 4 is 5.91 Å². The number of carbonyl (C=O) groups excluding carboxylic acids is 1. The molecule has 1 amide bonds. The molecular formula is C12H15FN2O2. The predicted octanol–water partition coefficient (Wildman–Crippen LogP) is 1.21. The summed E-state index contributed by atoms with van der Waals surface area (Å²) in [4.78, 5) is 17.0. The summed E-state index contributed by atoms with van der Waals surface area (Å²) in [5.74, 6) is -1.10. The number of hydrogen-bond donors (Lipinski definition) is 1. The van der Waals surface area contributed by atoms with E-state index in [4.69, 9.17) is 0 Å². The fourth-order valence-electron chi connectivity index (χ4n) is 1.91. The Morgan fingerprint density at radius 2 is 2.18 bits per heavy atom. The van der Waals surface area contributed by atoms with Crippen LogP contribution in [0.1, 0.15) is 30.1 Å². The number of carbonyl (C=O) groups is 1. The van der Waals surface area contributed by atoms with E-state index in [0.717, 1.165) is 0 Å². The number of halogens is 1. The van der Waals surface area contributed by atoms with Gasteiger partial charge in [0, 0.05) is 19.3 Å². The Labute approximate surface area is 99.1 Å². The highest BCUT2D eigenvalue weighted by molar-refractivity contribution is 5.94. The van der Waals surface area contributed by atoms with Crippen LogP contribution in [0.25, 0.3) is 0 Å². The average Bonchev–Trinajstić information content (AvgIpc) is 2.29. The van der Waals surface area contributed by atoms with E-state index < -0.39 is 11.5 Å². The van der Waals surface area contributed by atoms with Crippen molar-refractivity contribution in [2.45, 2.75) is 25.4 Å². The summed E-state index contributed by atoms with van der Waals surface area (Å²) in [6.07, 6.45) is 2.34. The molecule has 1 fully saturated rings. The number of nitrogens with zero attached hydrogens (tertiary/aromatic N) is 2. The zero-order valence-electron chi connectivity index (χ0n) is 9.69. The Bertz CT molecular complexity index is 424. The zero-order chi connectivity index (χ0) is 12.5. The van der Waals surface area contributed by atoms with E-state index >= 15 is 0 Å². The zero-order valence-corrected chi connectivity index (χ0v) is 9.69. The van der Waals surface area contributed by atoms with Crippen LogP contribution in [0, 0.1) is 5.95 Å². The van der Waals surface area contributed by atoms with Gasteiger partial charge in [-0.25, -0.2) is 4.98 Å². The summed E-state index contributed by atoms with van der Waals surface area (Å²) in [5.41, 5.74) is -0.724. The van der Waals surface area contributed by atoms with Crippen LogP contribution in [0.3, 0.4) is 0 Å². The molecule has 0 bridgehead atoms. The topological polar surface area (TPSA) is 53.4 Å². The molecule has 0 unspecified atom stereocenters. The highest BCUT2D eigenvalue weighted by atomic mass is 19.1. The first-order valence-electron chi connectivity index (χ1n) is 5.62. The second-order valence-electron chi connectivity index (χ2n) is 4.63. The van der Waals surface area contributed by atoms with Crippen LogP contribution < -0.4 is 0 Å². The van der Waals surface area contributed by atoms with Gasteiger partial charge in [0.05, 0.1) is 11.2 Å². The largest absolute Gasteiger partial charge is 0.390 e. The lowest BCUT2D eigenvalue weighted by Gasteiger charge is -2.35. The number of pyridine rings is 1. The summed E-state index contributed by atoms with van der Waals surface area (Å²) in [7, 11) is 0. The molecular weight excluding hydrogens is 223 g/mol. The molecule has 2 rings (SSSR count). The maximum absolute atomic E-state index is 13.3. The van der Waals surface area contributed by atoms with Crippen LogP contribution in [-0.2, 0) is 0 Å². The summed E-state index contributed by atoms with van der Waals surface area (Å²) in [6.45, 7) is 2.64. The van der Waals surface area contributed by atoms with E-state index in [1.54, 1.807) is 11.8 Å². The highest BCUT2D eigenvalue weighted by Crippen LogP contribution is 2.22. The smallest absolute Gasteiger partial charge is 0.258 e. The molecule has 0 aromatic carbocycles. The third-order valence-corrected chi connectivity index (χ3v) is 3.12. The predicted molar refractivity (Wildman–Crippen MR) is 60.0 cm³/mol. The lowest BCUT2D eigenvalue weighted by atomic mass is 9.93. The van der Waals surface area contributed by atoms with Crippen molar-refractivity contribution in [3.8, 4) is 0 Å². The first-order chi connectivity index (χ1) is 7.99. The normalized spacial score (nSPS) is 19.1. The number of piperidine rings is 1. The fourth-order valence-corrected chi connectivity index (χ4v) is 1.91. The Morgan fingerprint density at radius 1 is 1.53 bits per heavy atom. The van der Waals surface area contributed by atoms with E-state index in [1.807, 2.05) is 0 Å². The Morgan fingerprint density at radius 3 is 2.76 bits per heavy atom. The molecule has 0 saturated carbocycles. The first kappa shape index (κ1) is 12.0. The molecule has 1 aliphatic rings. The molecule has 1 aromatic heterocycles. The van der Waals surface area contributed by atoms with Crippen molar-refractivity contribution in [3.05, 3.63) is 29.8 Å². The Hall–Kier alpha value is -1.49. The van der Waals surface area contributed by atoms with E-state index in [1.165, 1.54) is 18.3 Å². The third kappa shape index (κ3) is 2.61. The molecule has 5 heteroatoms. The van der Waals surface area contributed by atoms with Crippen molar-refractivity contribution in [1.82, 2.24) is 9.88 Å². The van der Waals surface area contributed by atoms with Crippen molar-refractivity contribution in [1.29, 1.82) is 0 Å². The van der Waals surface area contributed by atoms with Crippen LogP contribution >= 0.6 is 0 Å². The van der Waals surface area contributed by atoms with Crippen LogP contribution in [-0.4, -0.2) is 39.6 Å². The highest BCUT2D eigenvalue weighted by Gasteiger charge is 2.30. The standard InChI is InChI=1S/C12H15FN2O2/c1-12(17)4-7-15(8-5-12)11(16)9-3-2-6-14-10(9)13/h2-3,6,17H,4-5,7-8H2,1H3. The van der Waals surface area contributed by atoms with E-state index in [9.17, 15) is 14.3 Å². The van der Waals surface area contributed by atoms with E-state index in [2.05, 4.69) is 4.98 Å². The van der Waals surface area contributed by atoms with Gasteiger partial charge in [0.2, 0.25) is 5.95 Å². The fraction of sp³-hybridized carbons (Fsp3) is 0.500. The number of rotatable bonds is 1. The van der Waals surface area contributed by atoms with Crippen LogP contribution in [0.5, 0.6) is 0 Å². The van der Waals surface area contributed by atoms with Gasteiger partial charge < -0.3 is 10.0 Å². The van der Waals surface area contributed by atoms with Crippen molar-refractivity contribution in [2.75, 3.05) is 13.1 Å². The molecule has 2 heterocycles. The van der Waals surface area contributed by atoms with Gasteiger partial charge in [0.1, 0.15) is 0 Å².